The molecule has 0 N–H and O–H groups in total. The third-order valence-electron chi connectivity index (χ3n) is 6.60. The number of hydrogen-bond donors (Lipinski definition) is 0. The van der Waals surface area contributed by atoms with E-state index in [1.807, 2.05) is 4.90 Å². The first-order valence-corrected chi connectivity index (χ1v) is 11.0. The number of benzene rings is 1. The molecule has 2 aromatic rings. The highest BCUT2D eigenvalue weighted by Gasteiger charge is 2.23. The van der Waals surface area contributed by atoms with Gasteiger partial charge in [-0.2, -0.15) is 0 Å². The Hall–Kier alpha value is -2.41. The minimum Gasteiger partial charge on any atom is -0.369 e. The fourth-order valence-corrected chi connectivity index (χ4v) is 4.84. The van der Waals surface area contributed by atoms with Crippen molar-refractivity contribution in [2.45, 2.75) is 25.7 Å². The highest BCUT2D eigenvalue weighted by Crippen LogP contribution is 2.30. The Morgan fingerprint density at radius 2 is 1.66 bits per heavy atom. The van der Waals surface area contributed by atoms with E-state index in [1.54, 1.807) is 6.33 Å². The molecular weight excluding hydrogens is 364 g/mol. The molecule has 3 aliphatic rings. The van der Waals surface area contributed by atoms with Gasteiger partial charge in [0.15, 0.2) is 0 Å². The van der Waals surface area contributed by atoms with Crippen LogP contribution >= 0.6 is 0 Å². The number of likely N-dealkylation sites (tertiary alicyclic amines) is 1. The van der Waals surface area contributed by atoms with Crippen molar-refractivity contribution in [1.82, 2.24) is 19.8 Å². The summed E-state index contributed by atoms with van der Waals surface area (Å²) in [4.78, 5) is 30.3. The maximum Gasteiger partial charge on any atom is 0.222 e. The van der Waals surface area contributed by atoms with Gasteiger partial charge in [0.1, 0.15) is 12.1 Å². The highest BCUT2D eigenvalue weighted by atomic mass is 16.2. The molecular formula is C22H30N6O. The number of carbonyl (C=O) groups excluding carboxylic acids is 1. The zero-order chi connectivity index (χ0) is 19.6. The summed E-state index contributed by atoms with van der Waals surface area (Å²) in [6, 6.07) is 6.61. The number of carbonyl (C=O) groups is 1. The van der Waals surface area contributed by atoms with Gasteiger partial charge in [0.25, 0.3) is 0 Å². The molecule has 7 heteroatoms. The van der Waals surface area contributed by atoms with Crippen LogP contribution in [0.15, 0.2) is 24.5 Å². The molecule has 1 aromatic carbocycles. The summed E-state index contributed by atoms with van der Waals surface area (Å²) in [6.45, 7) is 9.13. The topological polar surface area (TPSA) is 55.8 Å². The van der Waals surface area contributed by atoms with E-state index < -0.39 is 0 Å². The van der Waals surface area contributed by atoms with E-state index in [1.165, 1.54) is 23.9 Å². The fourth-order valence-electron chi connectivity index (χ4n) is 4.84. The van der Waals surface area contributed by atoms with E-state index >= 15 is 0 Å². The molecule has 154 valence electrons. The molecule has 0 radical (unpaired) electrons. The average Bonchev–Trinajstić information content (AvgIpc) is 3.44. The van der Waals surface area contributed by atoms with Crippen LogP contribution in [0.4, 0.5) is 11.5 Å². The van der Waals surface area contributed by atoms with Crippen LogP contribution in [-0.2, 0) is 4.79 Å². The Morgan fingerprint density at radius 3 is 2.41 bits per heavy atom. The number of nitrogens with zero attached hydrogens (tertiary/aromatic N) is 6. The number of aromatic nitrogens is 2. The van der Waals surface area contributed by atoms with Crippen molar-refractivity contribution < 1.29 is 4.79 Å². The molecule has 0 aliphatic carbocycles. The van der Waals surface area contributed by atoms with Crippen LogP contribution in [0.2, 0.25) is 0 Å². The van der Waals surface area contributed by atoms with Gasteiger partial charge in [-0.1, -0.05) is 0 Å². The molecule has 1 amide bonds. The second-order valence-electron chi connectivity index (χ2n) is 8.41. The van der Waals surface area contributed by atoms with Gasteiger partial charge in [0, 0.05) is 76.4 Å². The number of piperazine rings is 1. The number of hydrogen-bond acceptors (Lipinski definition) is 6. The summed E-state index contributed by atoms with van der Waals surface area (Å²) < 4.78 is 0. The van der Waals surface area contributed by atoms with Crippen molar-refractivity contribution in [3.63, 3.8) is 0 Å². The fraction of sp³-hybridized carbons (Fsp3) is 0.591. The van der Waals surface area contributed by atoms with E-state index in [2.05, 4.69) is 42.9 Å². The first-order chi connectivity index (χ1) is 14.3. The number of fused-ring (bicyclic) bond motifs is 1. The van der Waals surface area contributed by atoms with Crippen LogP contribution in [0, 0.1) is 0 Å². The molecule has 3 fully saturated rings. The molecule has 0 spiro atoms. The predicted octanol–water partition coefficient (Wildman–Crippen LogP) is 1.97. The monoisotopic (exact) mass is 394 g/mol. The lowest BCUT2D eigenvalue weighted by Gasteiger charge is -2.36. The van der Waals surface area contributed by atoms with Gasteiger partial charge in [0.2, 0.25) is 5.91 Å². The molecule has 0 bridgehead atoms. The van der Waals surface area contributed by atoms with Crippen molar-refractivity contribution in [1.29, 1.82) is 0 Å². The van der Waals surface area contributed by atoms with Gasteiger partial charge in [-0.25, -0.2) is 9.97 Å². The Kier molecular flexibility index (Phi) is 5.23. The molecule has 3 saturated heterocycles. The number of anilines is 2. The Balaban J connectivity index is 1.24. The van der Waals surface area contributed by atoms with Gasteiger partial charge in [-0.05, 0) is 37.5 Å². The average molecular weight is 395 g/mol. The second kappa shape index (κ2) is 8.14. The van der Waals surface area contributed by atoms with Crippen LogP contribution < -0.4 is 9.80 Å². The summed E-state index contributed by atoms with van der Waals surface area (Å²) in [5.74, 6) is 1.42. The van der Waals surface area contributed by atoms with E-state index in [9.17, 15) is 4.79 Å². The van der Waals surface area contributed by atoms with Crippen molar-refractivity contribution in [3.8, 4) is 0 Å². The summed E-state index contributed by atoms with van der Waals surface area (Å²) in [6.07, 6.45) is 5.95. The number of amides is 1. The van der Waals surface area contributed by atoms with Crippen molar-refractivity contribution in [2.75, 3.05) is 68.7 Å². The van der Waals surface area contributed by atoms with Crippen LogP contribution in [0.3, 0.4) is 0 Å². The molecule has 1 aromatic heterocycles. The minimum atomic E-state index is 0.329. The Bertz CT molecular complexity index is 873. The van der Waals surface area contributed by atoms with Crippen molar-refractivity contribution >= 4 is 28.3 Å². The van der Waals surface area contributed by atoms with E-state index in [0.717, 1.165) is 83.1 Å². The Morgan fingerprint density at radius 1 is 0.828 bits per heavy atom. The molecule has 29 heavy (non-hydrogen) atoms. The predicted molar refractivity (Wildman–Crippen MR) is 115 cm³/mol. The smallest absolute Gasteiger partial charge is 0.222 e. The van der Waals surface area contributed by atoms with E-state index in [-0.39, 0.29) is 0 Å². The van der Waals surface area contributed by atoms with Gasteiger partial charge in [-0.3, -0.25) is 9.69 Å². The van der Waals surface area contributed by atoms with Gasteiger partial charge < -0.3 is 14.7 Å². The second-order valence-corrected chi connectivity index (χ2v) is 8.41. The Labute approximate surface area is 172 Å². The molecule has 7 nitrogen and oxygen atoms in total. The van der Waals surface area contributed by atoms with Gasteiger partial charge >= 0.3 is 0 Å². The molecule has 0 unspecified atom stereocenters. The molecule has 5 rings (SSSR count). The summed E-state index contributed by atoms with van der Waals surface area (Å²) in [5, 5.41) is 1.17. The maximum absolute atomic E-state index is 11.8. The molecule has 0 atom stereocenters. The molecule has 4 heterocycles. The SMILES string of the molecule is O=C1CCCN1CCN1CCN(c2ccc3ncnc(N4CCCC4)c3c2)CC1. The number of rotatable bonds is 5. The van der Waals surface area contributed by atoms with Crippen molar-refractivity contribution in [3.05, 3.63) is 24.5 Å². The normalized spacial score (nSPS) is 21.0. The van der Waals surface area contributed by atoms with Crippen LogP contribution in [0.5, 0.6) is 0 Å². The van der Waals surface area contributed by atoms with E-state index in [0.29, 0.717) is 5.91 Å². The van der Waals surface area contributed by atoms with Gasteiger partial charge in [-0.15, -0.1) is 0 Å². The largest absolute Gasteiger partial charge is 0.369 e. The maximum atomic E-state index is 11.8. The summed E-state index contributed by atoms with van der Waals surface area (Å²) >= 11 is 0. The summed E-state index contributed by atoms with van der Waals surface area (Å²) in [7, 11) is 0. The molecule has 0 saturated carbocycles. The zero-order valence-corrected chi connectivity index (χ0v) is 17.1. The zero-order valence-electron chi connectivity index (χ0n) is 17.1. The van der Waals surface area contributed by atoms with Crippen LogP contribution in [-0.4, -0.2) is 84.6 Å². The molecule has 3 aliphatic heterocycles. The highest BCUT2D eigenvalue weighted by molar-refractivity contribution is 5.92. The van der Waals surface area contributed by atoms with Crippen LogP contribution in [0.25, 0.3) is 10.9 Å². The lowest BCUT2D eigenvalue weighted by molar-refractivity contribution is -0.127. The third kappa shape index (κ3) is 3.88. The quantitative estimate of drug-likeness (QED) is 0.773. The summed E-state index contributed by atoms with van der Waals surface area (Å²) in [5.41, 5.74) is 2.29. The van der Waals surface area contributed by atoms with Crippen molar-refractivity contribution in [2.24, 2.45) is 0 Å². The van der Waals surface area contributed by atoms with Crippen LogP contribution in [0.1, 0.15) is 25.7 Å². The first kappa shape index (κ1) is 18.6. The standard InChI is InChI=1S/C22H30N6O/c29-21-4-3-9-27(21)15-12-25-10-13-26(14-11-25)18-5-6-20-19(16-18)22(24-17-23-20)28-7-1-2-8-28/h5-6,16-17H,1-4,7-15H2. The van der Waals surface area contributed by atoms with Gasteiger partial charge in [0.05, 0.1) is 5.52 Å². The third-order valence-corrected chi connectivity index (χ3v) is 6.60. The minimum absolute atomic E-state index is 0.329. The lowest BCUT2D eigenvalue weighted by Crippen LogP contribution is -2.48. The first-order valence-electron chi connectivity index (χ1n) is 11.0. The lowest BCUT2D eigenvalue weighted by atomic mass is 10.1. The van der Waals surface area contributed by atoms with E-state index in [4.69, 9.17) is 0 Å².